The summed E-state index contributed by atoms with van der Waals surface area (Å²) in [5.41, 5.74) is 2.12. The van der Waals surface area contributed by atoms with Crippen molar-refractivity contribution in [1.29, 1.82) is 0 Å². The zero-order valence-electron chi connectivity index (χ0n) is 16.1. The van der Waals surface area contributed by atoms with E-state index in [1.54, 1.807) is 0 Å². The molecule has 28 heavy (non-hydrogen) atoms. The van der Waals surface area contributed by atoms with E-state index in [9.17, 15) is 22.0 Å². The Bertz CT molecular complexity index is 931. The van der Waals surface area contributed by atoms with Gasteiger partial charge in [-0.3, -0.25) is 9.10 Å². The fourth-order valence-electron chi connectivity index (χ4n) is 2.76. The summed E-state index contributed by atoms with van der Waals surface area (Å²) in [5, 5.41) is 2.87. The van der Waals surface area contributed by atoms with Crippen LogP contribution in [0.3, 0.4) is 0 Å². The Kier molecular flexibility index (Phi) is 7.12. The Morgan fingerprint density at radius 1 is 1.11 bits per heavy atom. The highest BCUT2D eigenvalue weighted by molar-refractivity contribution is 7.92. The SMILES string of the molecule is Cc1ccc(C(C)NC(=O)CCCN(c2ccc(F)c(F)c2)S(C)(=O)=O)cc1. The molecule has 8 heteroatoms. The zero-order valence-corrected chi connectivity index (χ0v) is 16.9. The van der Waals surface area contributed by atoms with Crippen LogP contribution in [0.2, 0.25) is 0 Å². The number of nitrogens with one attached hydrogen (secondary N) is 1. The fraction of sp³-hybridized carbons (Fsp3) is 0.350. The van der Waals surface area contributed by atoms with Crippen LogP contribution in [0, 0.1) is 18.6 Å². The third-order valence-electron chi connectivity index (χ3n) is 4.31. The molecule has 0 aromatic heterocycles. The van der Waals surface area contributed by atoms with Crippen molar-refractivity contribution in [2.24, 2.45) is 0 Å². The maximum atomic E-state index is 13.4. The molecule has 0 saturated carbocycles. The lowest BCUT2D eigenvalue weighted by molar-refractivity contribution is -0.121. The molecule has 1 amide bonds. The standard InChI is InChI=1S/C20H24F2N2O3S/c1-14-6-8-16(9-7-14)15(2)23-20(25)5-4-12-24(28(3,26)27)17-10-11-18(21)19(22)13-17/h6-11,13,15H,4-5,12H2,1-3H3,(H,23,25). The maximum Gasteiger partial charge on any atom is 0.232 e. The molecule has 0 aliphatic carbocycles. The Morgan fingerprint density at radius 2 is 1.75 bits per heavy atom. The minimum atomic E-state index is -3.70. The number of carbonyl (C=O) groups excluding carboxylic acids is 1. The third kappa shape index (κ3) is 6.02. The van der Waals surface area contributed by atoms with Crippen LogP contribution in [-0.2, 0) is 14.8 Å². The van der Waals surface area contributed by atoms with E-state index in [2.05, 4.69) is 5.32 Å². The van der Waals surface area contributed by atoms with Gasteiger partial charge in [-0.05, 0) is 38.0 Å². The second-order valence-corrected chi connectivity index (χ2v) is 8.64. The van der Waals surface area contributed by atoms with E-state index < -0.39 is 21.7 Å². The highest BCUT2D eigenvalue weighted by atomic mass is 32.2. The third-order valence-corrected chi connectivity index (χ3v) is 5.51. The van der Waals surface area contributed by atoms with Crippen molar-refractivity contribution < 1.29 is 22.0 Å². The highest BCUT2D eigenvalue weighted by Crippen LogP contribution is 2.21. The summed E-state index contributed by atoms with van der Waals surface area (Å²) in [4.78, 5) is 12.2. The van der Waals surface area contributed by atoms with Crippen molar-refractivity contribution >= 4 is 21.6 Å². The van der Waals surface area contributed by atoms with Crippen LogP contribution < -0.4 is 9.62 Å². The first-order valence-corrected chi connectivity index (χ1v) is 10.7. The lowest BCUT2D eigenvalue weighted by Gasteiger charge is -2.22. The number of sulfonamides is 1. The van der Waals surface area contributed by atoms with Gasteiger partial charge in [-0.1, -0.05) is 29.8 Å². The van der Waals surface area contributed by atoms with E-state index in [-0.39, 0.29) is 37.0 Å². The molecule has 2 aromatic carbocycles. The number of halogens is 2. The number of anilines is 1. The molecule has 0 aliphatic heterocycles. The van der Waals surface area contributed by atoms with E-state index in [4.69, 9.17) is 0 Å². The van der Waals surface area contributed by atoms with Gasteiger partial charge in [0.25, 0.3) is 0 Å². The molecule has 0 radical (unpaired) electrons. The molecular formula is C20H24F2N2O3S. The van der Waals surface area contributed by atoms with Gasteiger partial charge in [0.1, 0.15) is 0 Å². The highest BCUT2D eigenvalue weighted by Gasteiger charge is 2.19. The maximum absolute atomic E-state index is 13.4. The van der Waals surface area contributed by atoms with Crippen LogP contribution in [0.25, 0.3) is 0 Å². The van der Waals surface area contributed by atoms with Gasteiger partial charge in [0.05, 0.1) is 18.0 Å². The summed E-state index contributed by atoms with van der Waals surface area (Å²) in [7, 11) is -3.70. The molecule has 0 saturated heterocycles. The second kappa shape index (κ2) is 9.14. The average Bonchev–Trinajstić information content (AvgIpc) is 2.60. The number of carbonyl (C=O) groups is 1. The average molecular weight is 410 g/mol. The molecule has 0 bridgehead atoms. The van der Waals surface area contributed by atoms with Gasteiger partial charge < -0.3 is 5.32 Å². The number of nitrogens with zero attached hydrogens (tertiary/aromatic N) is 1. The van der Waals surface area contributed by atoms with Crippen molar-refractivity contribution in [1.82, 2.24) is 5.32 Å². The topological polar surface area (TPSA) is 66.5 Å². The number of benzene rings is 2. The number of hydrogen-bond acceptors (Lipinski definition) is 3. The number of hydrogen-bond donors (Lipinski definition) is 1. The summed E-state index contributed by atoms with van der Waals surface area (Å²) in [6.07, 6.45) is 1.32. The molecule has 1 atom stereocenters. The van der Waals surface area contributed by atoms with E-state index in [0.29, 0.717) is 0 Å². The molecule has 2 rings (SSSR count). The first kappa shape index (κ1) is 21.8. The van der Waals surface area contributed by atoms with Crippen molar-refractivity contribution in [3.05, 3.63) is 65.2 Å². The number of amides is 1. The van der Waals surface area contributed by atoms with Crippen molar-refractivity contribution in [3.8, 4) is 0 Å². The molecule has 0 spiro atoms. The van der Waals surface area contributed by atoms with Gasteiger partial charge >= 0.3 is 0 Å². The Balaban J connectivity index is 1.95. The van der Waals surface area contributed by atoms with Crippen LogP contribution in [0.4, 0.5) is 14.5 Å². The molecule has 0 aliphatic rings. The first-order valence-electron chi connectivity index (χ1n) is 8.86. The monoisotopic (exact) mass is 410 g/mol. The Labute approximate surface area is 164 Å². The van der Waals surface area contributed by atoms with Crippen LogP contribution >= 0.6 is 0 Å². The van der Waals surface area contributed by atoms with Crippen LogP contribution in [0.5, 0.6) is 0 Å². The van der Waals surface area contributed by atoms with Crippen molar-refractivity contribution in [3.63, 3.8) is 0 Å². The predicted octanol–water partition coefficient (Wildman–Crippen LogP) is 3.70. The quantitative estimate of drug-likeness (QED) is 0.722. The van der Waals surface area contributed by atoms with Gasteiger partial charge in [0.2, 0.25) is 15.9 Å². The zero-order chi connectivity index (χ0) is 20.9. The van der Waals surface area contributed by atoms with Gasteiger partial charge in [0.15, 0.2) is 11.6 Å². The summed E-state index contributed by atoms with van der Waals surface area (Å²) in [6.45, 7) is 3.83. The fourth-order valence-corrected chi connectivity index (χ4v) is 3.72. The lowest BCUT2D eigenvalue weighted by Crippen LogP contribution is -2.32. The van der Waals surface area contributed by atoms with E-state index in [1.165, 1.54) is 6.07 Å². The van der Waals surface area contributed by atoms with Gasteiger partial charge in [-0.2, -0.15) is 0 Å². The van der Waals surface area contributed by atoms with Crippen LogP contribution in [0.1, 0.15) is 36.9 Å². The van der Waals surface area contributed by atoms with Crippen LogP contribution in [0.15, 0.2) is 42.5 Å². The van der Waals surface area contributed by atoms with E-state index >= 15 is 0 Å². The molecule has 0 heterocycles. The lowest BCUT2D eigenvalue weighted by atomic mass is 10.1. The summed E-state index contributed by atoms with van der Waals surface area (Å²) in [5.74, 6) is -2.40. The van der Waals surface area contributed by atoms with Gasteiger partial charge in [-0.25, -0.2) is 17.2 Å². The molecule has 1 N–H and O–H groups in total. The normalized spacial score (nSPS) is 12.5. The van der Waals surface area contributed by atoms with Gasteiger partial charge in [0, 0.05) is 19.0 Å². The molecule has 1 unspecified atom stereocenters. The molecule has 5 nitrogen and oxygen atoms in total. The minimum absolute atomic E-state index is 0.0176. The number of rotatable bonds is 8. The van der Waals surface area contributed by atoms with Crippen LogP contribution in [-0.4, -0.2) is 27.1 Å². The smallest absolute Gasteiger partial charge is 0.232 e. The first-order chi connectivity index (χ1) is 13.1. The van der Waals surface area contributed by atoms with E-state index in [1.807, 2.05) is 38.1 Å². The minimum Gasteiger partial charge on any atom is -0.350 e. The van der Waals surface area contributed by atoms with Gasteiger partial charge in [-0.15, -0.1) is 0 Å². The predicted molar refractivity (Wildman–Crippen MR) is 106 cm³/mol. The Morgan fingerprint density at radius 3 is 2.32 bits per heavy atom. The molecule has 0 fully saturated rings. The van der Waals surface area contributed by atoms with Crippen molar-refractivity contribution in [2.45, 2.75) is 32.7 Å². The van der Waals surface area contributed by atoms with E-state index in [0.717, 1.165) is 33.8 Å². The van der Waals surface area contributed by atoms with Crippen molar-refractivity contribution in [2.75, 3.05) is 17.1 Å². The summed E-state index contributed by atoms with van der Waals surface area (Å²) < 4.78 is 51.5. The summed E-state index contributed by atoms with van der Waals surface area (Å²) in [6, 6.07) is 10.5. The second-order valence-electron chi connectivity index (χ2n) is 6.74. The molecule has 152 valence electrons. The number of aryl methyl sites for hydroxylation is 1. The largest absolute Gasteiger partial charge is 0.350 e. The molecular weight excluding hydrogens is 386 g/mol. The summed E-state index contributed by atoms with van der Waals surface area (Å²) >= 11 is 0. The Hall–Kier alpha value is -2.48. The molecule has 2 aromatic rings.